The van der Waals surface area contributed by atoms with Gasteiger partial charge in [0, 0.05) is 26.9 Å². The lowest BCUT2D eigenvalue weighted by atomic mass is 10.2. The Morgan fingerprint density at radius 3 is 2.67 bits per heavy atom. The van der Waals surface area contributed by atoms with E-state index in [1.165, 1.54) is 31.5 Å². The van der Waals surface area contributed by atoms with E-state index in [2.05, 4.69) is 9.89 Å². The molecule has 2 N–H and O–H groups in total. The van der Waals surface area contributed by atoms with Gasteiger partial charge in [-0.25, -0.2) is 9.79 Å². The van der Waals surface area contributed by atoms with Crippen molar-refractivity contribution in [2.24, 2.45) is 19.1 Å². The van der Waals surface area contributed by atoms with Gasteiger partial charge in [-0.2, -0.15) is 0 Å². The van der Waals surface area contributed by atoms with Gasteiger partial charge in [0.1, 0.15) is 18.2 Å². The van der Waals surface area contributed by atoms with Gasteiger partial charge in [-0.3, -0.25) is 18.8 Å². The van der Waals surface area contributed by atoms with Gasteiger partial charge in [-0.05, 0) is 43.6 Å². The quantitative estimate of drug-likeness (QED) is 0.761. The molecule has 144 valence electrons. The van der Waals surface area contributed by atoms with Crippen LogP contribution in [-0.4, -0.2) is 46.5 Å². The maximum atomic E-state index is 12.2. The number of hydrogen-bond donors (Lipinski definition) is 1. The van der Waals surface area contributed by atoms with Gasteiger partial charge in [0.2, 0.25) is 0 Å². The van der Waals surface area contributed by atoms with E-state index in [9.17, 15) is 9.59 Å². The van der Waals surface area contributed by atoms with Crippen molar-refractivity contribution >= 4 is 17.7 Å². The highest BCUT2D eigenvalue weighted by Crippen LogP contribution is 2.16. The molecule has 27 heavy (non-hydrogen) atoms. The number of aromatic nitrogens is 2. The number of nitrogen functional groups attached to an aromatic ring is 1. The van der Waals surface area contributed by atoms with Crippen molar-refractivity contribution in [3.63, 3.8) is 0 Å². The van der Waals surface area contributed by atoms with Gasteiger partial charge in [0.15, 0.2) is 5.69 Å². The number of rotatable bonds is 6. The lowest BCUT2D eigenvalue weighted by Crippen LogP contribution is -2.37. The normalized spacial score (nSPS) is 14.9. The van der Waals surface area contributed by atoms with E-state index in [1.807, 2.05) is 24.3 Å². The van der Waals surface area contributed by atoms with Crippen molar-refractivity contribution in [3.05, 3.63) is 50.7 Å². The number of benzene rings is 1. The zero-order valence-corrected chi connectivity index (χ0v) is 15.7. The van der Waals surface area contributed by atoms with Crippen LogP contribution in [0.4, 0.5) is 11.5 Å². The molecule has 0 aliphatic carbocycles. The average molecular weight is 371 g/mol. The molecule has 0 saturated carbocycles. The Balaban J connectivity index is 1.73. The molecule has 1 aromatic carbocycles. The largest absolute Gasteiger partial charge is 0.492 e. The van der Waals surface area contributed by atoms with Crippen LogP contribution < -0.4 is 21.7 Å². The van der Waals surface area contributed by atoms with Crippen LogP contribution in [0.2, 0.25) is 0 Å². The molecule has 0 radical (unpaired) electrons. The van der Waals surface area contributed by atoms with Crippen LogP contribution in [0.1, 0.15) is 18.4 Å². The van der Waals surface area contributed by atoms with Gasteiger partial charge in [-0.1, -0.05) is 12.1 Å². The van der Waals surface area contributed by atoms with E-state index in [0.717, 1.165) is 35.5 Å². The summed E-state index contributed by atoms with van der Waals surface area (Å²) in [6, 6.07) is 7.48. The number of ether oxygens (including phenoxy) is 1. The van der Waals surface area contributed by atoms with E-state index >= 15 is 0 Å². The maximum absolute atomic E-state index is 12.2. The van der Waals surface area contributed by atoms with E-state index < -0.39 is 11.2 Å². The topological polar surface area (TPSA) is 94.8 Å². The van der Waals surface area contributed by atoms with Gasteiger partial charge >= 0.3 is 5.69 Å². The molecule has 0 amide bonds. The molecule has 0 bridgehead atoms. The Labute approximate surface area is 157 Å². The molecule has 8 heteroatoms. The van der Waals surface area contributed by atoms with Crippen LogP contribution in [0.3, 0.4) is 0 Å². The summed E-state index contributed by atoms with van der Waals surface area (Å²) in [7, 11) is 2.91. The molecule has 2 heterocycles. The fourth-order valence-electron chi connectivity index (χ4n) is 3.09. The second kappa shape index (κ2) is 8.22. The van der Waals surface area contributed by atoms with Crippen LogP contribution in [0.5, 0.6) is 5.75 Å². The van der Waals surface area contributed by atoms with Crippen LogP contribution >= 0.6 is 0 Å². The minimum absolute atomic E-state index is 0.0392. The molecule has 8 nitrogen and oxygen atoms in total. The van der Waals surface area contributed by atoms with Crippen molar-refractivity contribution < 1.29 is 4.74 Å². The predicted molar refractivity (Wildman–Crippen MR) is 106 cm³/mol. The minimum Gasteiger partial charge on any atom is -0.492 e. The van der Waals surface area contributed by atoms with E-state index in [-0.39, 0.29) is 11.5 Å². The van der Waals surface area contributed by atoms with Crippen LogP contribution in [0.15, 0.2) is 38.8 Å². The fraction of sp³-hybridized carbons (Fsp3) is 0.421. The molecule has 0 unspecified atom stereocenters. The van der Waals surface area contributed by atoms with Gasteiger partial charge in [0.05, 0.1) is 0 Å². The lowest BCUT2D eigenvalue weighted by molar-refractivity contribution is 0.238. The summed E-state index contributed by atoms with van der Waals surface area (Å²) in [5, 5.41) is 0. The zero-order chi connectivity index (χ0) is 19.4. The Morgan fingerprint density at radius 1 is 1.19 bits per heavy atom. The molecule has 3 rings (SSSR count). The molecule has 0 spiro atoms. The first kappa shape index (κ1) is 18.9. The number of likely N-dealkylation sites (tertiary alicyclic amines) is 1. The van der Waals surface area contributed by atoms with Gasteiger partial charge in [-0.15, -0.1) is 0 Å². The first-order valence-corrected chi connectivity index (χ1v) is 9.02. The minimum atomic E-state index is -0.523. The van der Waals surface area contributed by atoms with Crippen molar-refractivity contribution in [3.8, 4) is 5.75 Å². The van der Waals surface area contributed by atoms with E-state index in [1.54, 1.807) is 6.21 Å². The Bertz CT molecular complexity index is 955. The number of nitrogens with zero attached hydrogens (tertiary/aromatic N) is 4. The summed E-state index contributed by atoms with van der Waals surface area (Å²) < 4.78 is 8.01. The highest BCUT2D eigenvalue weighted by molar-refractivity contribution is 5.83. The van der Waals surface area contributed by atoms with Crippen molar-refractivity contribution in [2.45, 2.75) is 12.8 Å². The second-order valence-corrected chi connectivity index (χ2v) is 6.67. The average Bonchev–Trinajstić information content (AvgIpc) is 3.19. The molecule has 0 atom stereocenters. The summed E-state index contributed by atoms with van der Waals surface area (Å²) in [6.07, 6.45) is 4.07. The molecular formula is C19H25N5O3. The molecule has 1 aromatic heterocycles. The standard InChI is InChI=1S/C19H25N5O3/c1-22-17(20)16(18(25)23(2)19(22)26)21-13-14-6-5-7-15(12-14)27-11-10-24-8-3-4-9-24/h5-7,12-13H,3-4,8-11,20H2,1-2H3. The summed E-state index contributed by atoms with van der Waals surface area (Å²) in [5.41, 5.74) is 5.70. The molecule has 2 aromatic rings. The predicted octanol–water partition coefficient (Wildman–Crippen LogP) is 0.891. The SMILES string of the molecule is Cn1c(N)c(N=Cc2cccc(OCCN3CCCC3)c2)c(=O)n(C)c1=O. The van der Waals surface area contributed by atoms with Crippen LogP contribution in [-0.2, 0) is 14.1 Å². The second-order valence-electron chi connectivity index (χ2n) is 6.67. The first-order chi connectivity index (χ1) is 13.0. The van der Waals surface area contributed by atoms with E-state index in [0.29, 0.717) is 6.61 Å². The molecule has 1 fully saturated rings. The summed E-state index contributed by atoms with van der Waals surface area (Å²) in [5.74, 6) is 0.789. The van der Waals surface area contributed by atoms with Crippen LogP contribution in [0.25, 0.3) is 0 Å². The molecule has 1 aliphatic rings. The molecule has 1 aliphatic heterocycles. The highest BCUT2D eigenvalue weighted by atomic mass is 16.5. The smallest absolute Gasteiger partial charge is 0.332 e. The van der Waals surface area contributed by atoms with Crippen molar-refractivity contribution in [1.29, 1.82) is 0 Å². The highest BCUT2D eigenvalue weighted by Gasteiger charge is 2.12. The number of aliphatic imine (C=N–C) groups is 1. The van der Waals surface area contributed by atoms with Gasteiger partial charge in [0.25, 0.3) is 5.56 Å². The summed E-state index contributed by atoms with van der Waals surface area (Å²) in [4.78, 5) is 30.7. The zero-order valence-electron chi connectivity index (χ0n) is 15.7. The lowest BCUT2D eigenvalue weighted by Gasteiger charge is -2.15. The van der Waals surface area contributed by atoms with E-state index in [4.69, 9.17) is 10.5 Å². The number of hydrogen-bond acceptors (Lipinski definition) is 6. The third-order valence-corrected chi connectivity index (χ3v) is 4.76. The Morgan fingerprint density at radius 2 is 1.93 bits per heavy atom. The van der Waals surface area contributed by atoms with Crippen molar-refractivity contribution in [1.82, 2.24) is 14.0 Å². The van der Waals surface area contributed by atoms with Crippen LogP contribution in [0, 0.1) is 0 Å². The number of anilines is 1. The Hall–Kier alpha value is -2.87. The first-order valence-electron chi connectivity index (χ1n) is 9.02. The summed E-state index contributed by atoms with van der Waals surface area (Å²) in [6.45, 7) is 3.84. The molecule has 1 saturated heterocycles. The Kier molecular flexibility index (Phi) is 5.75. The molecular weight excluding hydrogens is 346 g/mol. The van der Waals surface area contributed by atoms with Crippen molar-refractivity contribution in [2.75, 3.05) is 32.0 Å². The van der Waals surface area contributed by atoms with Gasteiger partial charge < -0.3 is 10.5 Å². The third kappa shape index (κ3) is 4.28. The third-order valence-electron chi connectivity index (χ3n) is 4.76. The fourth-order valence-corrected chi connectivity index (χ4v) is 3.09. The summed E-state index contributed by atoms with van der Waals surface area (Å²) >= 11 is 0. The maximum Gasteiger partial charge on any atom is 0.332 e. The number of nitrogens with two attached hydrogens (primary N) is 1. The monoisotopic (exact) mass is 371 g/mol.